The molecule has 4 nitrogen and oxygen atoms in total. The van der Waals surface area contributed by atoms with Gasteiger partial charge in [-0.3, -0.25) is 0 Å². The SMILES string of the molecule is C1=CC2C=CC(c3ccc(-c4nc(-c5ccccc5)nc(-c5ccc(-c6ccccc6)c6oc7ccccc7c56)n4)cc3)=CC2C=C1. The maximum Gasteiger partial charge on any atom is 0.164 e. The maximum atomic E-state index is 6.54. The smallest absolute Gasteiger partial charge is 0.164 e. The highest BCUT2D eigenvalue weighted by atomic mass is 16.3. The van der Waals surface area contributed by atoms with Crippen molar-refractivity contribution in [2.24, 2.45) is 11.8 Å². The summed E-state index contributed by atoms with van der Waals surface area (Å²) in [5.74, 6) is 2.69. The van der Waals surface area contributed by atoms with Crippen LogP contribution < -0.4 is 0 Å². The van der Waals surface area contributed by atoms with Crippen LogP contribution in [0, 0.1) is 11.8 Å². The number of hydrogen-bond acceptors (Lipinski definition) is 4. The lowest BCUT2D eigenvalue weighted by molar-refractivity contribution is 0.663. The van der Waals surface area contributed by atoms with Gasteiger partial charge in [-0.15, -0.1) is 0 Å². The largest absolute Gasteiger partial charge is 0.455 e. The molecule has 2 aliphatic rings. The molecule has 0 spiro atoms. The van der Waals surface area contributed by atoms with Crippen LogP contribution in [0.3, 0.4) is 0 Å². The van der Waals surface area contributed by atoms with E-state index in [0.717, 1.165) is 49.8 Å². The van der Waals surface area contributed by atoms with Gasteiger partial charge in [-0.25, -0.2) is 15.0 Å². The van der Waals surface area contributed by atoms with Gasteiger partial charge in [-0.1, -0.05) is 146 Å². The molecule has 9 rings (SSSR count). The molecule has 7 aromatic rings. The highest BCUT2D eigenvalue weighted by Crippen LogP contribution is 2.41. The van der Waals surface area contributed by atoms with Crippen molar-refractivity contribution in [3.05, 3.63) is 169 Å². The zero-order valence-corrected chi connectivity index (χ0v) is 25.5. The monoisotopic (exact) mass is 603 g/mol. The molecule has 0 saturated heterocycles. The van der Waals surface area contributed by atoms with E-state index in [1.807, 2.05) is 54.6 Å². The predicted molar refractivity (Wildman–Crippen MR) is 191 cm³/mol. The van der Waals surface area contributed by atoms with Gasteiger partial charge < -0.3 is 4.42 Å². The van der Waals surface area contributed by atoms with Crippen molar-refractivity contribution < 1.29 is 4.42 Å². The Morgan fingerprint density at radius 1 is 0.468 bits per heavy atom. The third kappa shape index (κ3) is 4.91. The van der Waals surface area contributed by atoms with Crippen LogP contribution in [0.5, 0.6) is 0 Å². The number of para-hydroxylation sites is 1. The minimum atomic E-state index is 0.392. The maximum absolute atomic E-state index is 6.54. The first-order chi connectivity index (χ1) is 23.3. The minimum Gasteiger partial charge on any atom is -0.455 e. The summed E-state index contributed by atoms with van der Waals surface area (Å²) in [6.45, 7) is 0. The van der Waals surface area contributed by atoms with E-state index in [1.54, 1.807) is 0 Å². The third-order valence-electron chi connectivity index (χ3n) is 9.09. The fourth-order valence-electron chi connectivity index (χ4n) is 6.68. The molecule has 222 valence electrons. The summed E-state index contributed by atoms with van der Waals surface area (Å²) in [6.07, 6.45) is 15.7. The molecule has 0 N–H and O–H groups in total. The summed E-state index contributed by atoms with van der Waals surface area (Å²) < 4.78 is 6.54. The molecule has 47 heavy (non-hydrogen) atoms. The summed E-state index contributed by atoms with van der Waals surface area (Å²) in [5.41, 5.74) is 8.96. The van der Waals surface area contributed by atoms with Crippen molar-refractivity contribution >= 4 is 27.5 Å². The minimum absolute atomic E-state index is 0.392. The Labute approximate surface area is 272 Å². The van der Waals surface area contributed by atoms with Gasteiger partial charge in [-0.2, -0.15) is 0 Å². The van der Waals surface area contributed by atoms with Gasteiger partial charge in [0.1, 0.15) is 11.2 Å². The Morgan fingerprint density at radius 2 is 1.06 bits per heavy atom. The lowest BCUT2D eigenvalue weighted by atomic mass is 9.81. The summed E-state index contributed by atoms with van der Waals surface area (Å²) >= 11 is 0. The number of benzene rings is 5. The third-order valence-corrected chi connectivity index (χ3v) is 9.09. The second-order valence-electron chi connectivity index (χ2n) is 12.0. The van der Waals surface area contributed by atoms with E-state index in [2.05, 4.69) is 109 Å². The summed E-state index contributed by atoms with van der Waals surface area (Å²) in [5, 5.41) is 2.02. The molecular weight excluding hydrogens is 574 g/mol. The fraction of sp³-hybridized carbons (Fsp3) is 0.0465. The van der Waals surface area contributed by atoms with E-state index in [0.29, 0.717) is 29.3 Å². The van der Waals surface area contributed by atoms with Gasteiger partial charge in [0.25, 0.3) is 0 Å². The summed E-state index contributed by atoms with van der Waals surface area (Å²) in [6, 6.07) is 41.4. The van der Waals surface area contributed by atoms with Crippen LogP contribution in [-0.2, 0) is 0 Å². The number of fused-ring (bicyclic) bond motifs is 4. The van der Waals surface area contributed by atoms with Crippen LogP contribution >= 0.6 is 0 Å². The zero-order valence-electron chi connectivity index (χ0n) is 25.5. The number of nitrogens with zero attached hydrogens (tertiary/aromatic N) is 3. The Kier molecular flexibility index (Phi) is 6.57. The molecule has 0 bridgehead atoms. The van der Waals surface area contributed by atoms with Gasteiger partial charge in [0.05, 0.1) is 0 Å². The summed E-state index contributed by atoms with van der Waals surface area (Å²) in [4.78, 5) is 15.2. The van der Waals surface area contributed by atoms with Crippen molar-refractivity contribution in [1.29, 1.82) is 0 Å². The molecular formula is C43H29N3O. The van der Waals surface area contributed by atoms with Crippen LogP contribution in [0.4, 0.5) is 0 Å². The molecule has 0 amide bonds. The van der Waals surface area contributed by atoms with E-state index >= 15 is 0 Å². The average molecular weight is 604 g/mol. The molecule has 0 fully saturated rings. The van der Waals surface area contributed by atoms with E-state index in [4.69, 9.17) is 19.4 Å². The lowest BCUT2D eigenvalue weighted by Gasteiger charge is -2.23. The fourth-order valence-corrected chi connectivity index (χ4v) is 6.68. The molecule has 2 atom stereocenters. The predicted octanol–water partition coefficient (Wildman–Crippen LogP) is 10.8. The average Bonchev–Trinajstić information content (AvgIpc) is 3.55. The number of furan rings is 1. The standard InChI is InChI=1S/C43H29N3O/c1-3-12-30(13-4-1)35-25-26-37(39-36-17-9-10-18-38(36)47-40(35)39)43-45-41(31-14-5-2-6-15-31)44-42(46-43)32-22-19-29(20-23-32)34-24-21-28-11-7-8-16-33(28)27-34/h1-28,33H. The van der Waals surface area contributed by atoms with Gasteiger partial charge >= 0.3 is 0 Å². The number of rotatable bonds is 5. The number of allylic oxidation sites excluding steroid dienone is 8. The van der Waals surface area contributed by atoms with E-state index in [-0.39, 0.29) is 0 Å². The highest BCUT2D eigenvalue weighted by Gasteiger charge is 2.21. The van der Waals surface area contributed by atoms with Gasteiger partial charge in [0.2, 0.25) is 0 Å². The van der Waals surface area contributed by atoms with E-state index < -0.39 is 0 Å². The molecule has 0 saturated carbocycles. The van der Waals surface area contributed by atoms with Crippen molar-refractivity contribution in [2.45, 2.75) is 0 Å². The molecule has 2 aliphatic carbocycles. The van der Waals surface area contributed by atoms with Crippen molar-refractivity contribution in [1.82, 2.24) is 15.0 Å². The first kappa shape index (κ1) is 27.2. The van der Waals surface area contributed by atoms with Crippen LogP contribution in [0.1, 0.15) is 5.56 Å². The lowest BCUT2D eigenvalue weighted by Crippen LogP contribution is -2.11. The Bertz CT molecular complexity index is 2400. The first-order valence-corrected chi connectivity index (χ1v) is 16.0. The van der Waals surface area contributed by atoms with Crippen LogP contribution in [0.25, 0.3) is 72.8 Å². The molecule has 2 unspecified atom stereocenters. The van der Waals surface area contributed by atoms with Crippen molar-refractivity contribution in [3.8, 4) is 45.3 Å². The van der Waals surface area contributed by atoms with Gasteiger partial charge in [0.15, 0.2) is 17.5 Å². The molecule has 2 aromatic heterocycles. The van der Waals surface area contributed by atoms with Crippen molar-refractivity contribution in [3.63, 3.8) is 0 Å². The van der Waals surface area contributed by atoms with E-state index in [9.17, 15) is 0 Å². The number of hydrogen-bond donors (Lipinski definition) is 0. The normalized spacial score (nSPS) is 16.8. The van der Waals surface area contributed by atoms with Gasteiger partial charge in [0, 0.05) is 44.9 Å². The molecule has 0 radical (unpaired) electrons. The van der Waals surface area contributed by atoms with E-state index in [1.165, 1.54) is 11.1 Å². The number of aromatic nitrogens is 3. The second kappa shape index (κ2) is 11.3. The van der Waals surface area contributed by atoms with Crippen LogP contribution in [-0.4, -0.2) is 15.0 Å². The summed E-state index contributed by atoms with van der Waals surface area (Å²) in [7, 11) is 0. The molecule has 4 heteroatoms. The highest BCUT2D eigenvalue weighted by molar-refractivity contribution is 6.15. The first-order valence-electron chi connectivity index (χ1n) is 16.0. The molecule has 2 heterocycles. The van der Waals surface area contributed by atoms with Gasteiger partial charge in [-0.05, 0) is 34.9 Å². The van der Waals surface area contributed by atoms with Crippen LogP contribution in [0.2, 0.25) is 0 Å². The quantitative estimate of drug-likeness (QED) is 0.196. The van der Waals surface area contributed by atoms with Crippen LogP contribution in [0.15, 0.2) is 168 Å². The Morgan fingerprint density at radius 3 is 1.83 bits per heavy atom. The molecule has 5 aromatic carbocycles. The Balaban J connectivity index is 1.20. The molecule has 0 aliphatic heterocycles. The second-order valence-corrected chi connectivity index (χ2v) is 12.0. The Hall–Kier alpha value is -6.13. The van der Waals surface area contributed by atoms with Crippen molar-refractivity contribution in [2.75, 3.05) is 0 Å². The zero-order chi connectivity index (χ0) is 31.2. The topological polar surface area (TPSA) is 51.8 Å².